The van der Waals surface area contributed by atoms with Crippen LogP contribution in [0, 0.1) is 0 Å². The Morgan fingerprint density at radius 3 is 2.86 bits per heavy atom. The summed E-state index contributed by atoms with van der Waals surface area (Å²) in [6.45, 7) is 2.62. The average molecular weight is 280 g/mol. The number of hydrogen-bond donors (Lipinski definition) is 1. The largest absolute Gasteiger partial charge is 0.305 e. The van der Waals surface area contributed by atoms with Gasteiger partial charge in [-0.05, 0) is 36.8 Å². The van der Waals surface area contributed by atoms with Crippen molar-refractivity contribution in [2.45, 2.75) is 19.5 Å². The van der Waals surface area contributed by atoms with E-state index in [1.807, 2.05) is 30.3 Å². The molecule has 21 heavy (non-hydrogen) atoms. The van der Waals surface area contributed by atoms with Gasteiger partial charge >= 0.3 is 0 Å². The second-order valence-electron chi connectivity index (χ2n) is 4.90. The first-order valence-electron chi connectivity index (χ1n) is 6.84. The zero-order valence-electron chi connectivity index (χ0n) is 11.7. The second kappa shape index (κ2) is 5.85. The zero-order valence-corrected chi connectivity index (χ0v) is 11.7. The van der Waals surface area contributed by atoms with Crippen LogP contribution in [0.5, 0.6) is 0 Å². The molecule has 0 saturated carbocycles. The second-order valence-corrected chi connectivity index (χ2v) is 4.90. The van der Waals surface area contributed by atoms with Gasteiger partial charge in [-0.3, -0.25) is 14.2 Å². The van der Waals surface area contributed by atoms with Gasteiger partial charge in [0.25, 0.3) is 5.56 Å². The van der Waals surface area contributed by atoms with E-state index in [0.717, 1.165) is 11.3 Å². The lowest BCUT2D eigenvalue weighted by Crippen LogP contribution is -2.22. The topological polar surface area (TPSA) is 59.3 Å². The molecule has 3 heterocycles. The third kappa shape index (κ3) is 2.98. The van der Waals surface area contributed by atoms with Crippen molar-refractivity contribution < 1.29 is 0 Å². The number of rotatable bonds is 4. The Morgan fingerprint density at radius 1 is 1.24 bits per heavy atom. The highest BCUT2D eigenvalue weighted by Crippen LogP contribution is 2.10. The van der Waals surface area contributed by atoms with Gasteiger partial charge in [-0.15, -0.1) is 0 Å². The predicted molar refractivity (Wildman–Crippen MR) is 81.0 cm³/mol. The van der Waals surface area contributed by atoms with Crippen molar-refractivity contribution in [1.29, 1.82) is 0 Å². The van der Waals surface area contributed by atoms with Gasteiger partial charge in [0.05, 0.1) is 5.69 Å². The molecule has 0 aliphatic carbocycles. The Labute approximate surface area is 122 Å². The standard InChI is InChI=1S/C16H16N4O/c1-12(13-5-7-17-8-6-13)18-11-14-10-16(21)20-9-3-2-4-15(20)19-14/h2-10,12,18H,11H2,1H3/t12-/m0/s1. The molecule has 3 aromatic heterocycles. The van der Waals surface area contributed by atoms with Crippen LogP contribution >= 0.6 is 0 Å². The first-order valence-corrected chi connectivity index (χ1v) is 6.84. The molecule has 1 N–H and O–H groups in total. The van der Waals surface area contributed by atoms with Crippen molar-refractivity contribution in [3.05, 3.63) is 76.6 Å². The molecule has 3 aromatic rings. The molecule has 0 aliphatic rings. The lowest BCUT2D eigenvalue weighted by Gasteiger charge is -2.13. The Morgan fingerprint density at radius 2 is 2.05 bits per heavy atom. The molecule has 0 radical (unpaired) electrons. The molecule has 3 rings (SSSR count). The number of fused-ring (bicyclic) bond motifs is 1. The van der Waals surface area contributed by atoms with Gasteiger partial charge in [-0.1, -0.05) is 6.07 Å². The van der Waals surface area contributed by atoms with E-state index in [2.05, 4.69) is 22.2 Å². The average Bonchev–Trinajstić information content (AvgIpc) is 2.53. The molecule has 5 heteroatoms. The normalized spacial score (nSPS) is 12.4. The van der Waals surface area contributed by atoms with E-state index in [9.17, 15) is 4.79 Å². The van der Waals surface area contributed by atoms with Gasteiger partial charge in [0.1, 0.15) is 5.65 Å². The van der Waals surface area contributed by atoms with Crippen LogP contribution < -0.4 is 10.9 Å². The van der Waals surface area contributed by atoms with E-state index in [4.69, 9.17) is 0 Å². The fraction of sp³-hybridized carbons (Fsp3) is 0.188. The van der Waals surface area contributed by atoms with Gasteiger partial charge in [0, 0.05) is 37.2 Å². The quantitative estimate of drug-likeness (QED) is 0.793. The molecular weight excluding hydrogens is 264 g/mol. The molecule has 0 unspecified atom stereocenters. The van der Waals surface area contributed by atoms with E-state index in [0.29, 0.717) is 12.2 Å². The minimum absolute atomic E-state index is 0.0611. The maximum Gasteiger partial charge on any atom is 0.258 e. The first-order chi connectivity index (χ1) is 10.2. The summed E-state index contributed by atoms with van der Waals surface area (Å²) in [7, 11) is 0. The van der Waals surface area contributed by atoms with Gasteiger partial charge in [0.2, 0.25) is 0 Å². The van der Waals surface area contributed by atoms with Crippen LogP contribution in [0.3, 0.4) is 0 Å². The summed E-state index contributed by atoms with van der Waals surface area (Å²) >= 11 is 0. The van der Waals surface area contributed by atoms with Crippen molar-refractivity contribution in [3.8, 4) is 0 Å². The van der Waals surface area contributed by atoms with E-state index in [1.54, 1.807) is 24.7 Å². The van der Waals surface area contributed by atoms with Crippen LogP contribution in [-0.2, 0) is 6.54 Å². The van der Waals surface area contributed by atoms with E-state index in [-0.39, 0.29) is 11.6 Å². The Hall–Kier alpha value is -2.53. The van der Waals surface area contributed by atoms with Crippen molar-refractivity contribution in [1.82, 2.24) is 19.7 Å². The molecule has 5 nitrogen and oxygen atoms in total. The summed E-state index contributed by atoms with van der Waals surface area (Å²) in [6, 6.07) is 11.2. The fourth-order valence-electron chi connectivity index (χ4n) is 2.22. The lowest BCUT2D eigenvalue weighted by molar-refractivity contribution is 0.567. The predicted octanol–water partition coefficient (Wildman–Crippen LogP) is 1.94. The molecule has 0 aromatic carbocycles. The van der Waals surface area contributed by atoms with Crippen LogP contribution in [0.15, 0.2) is 59.8 Å². The summed E-state index contributed by atoms with van der Waals surface area (Å²) in [4.78, 5) is 20.5. The molecule has 0 spiro atoms. The minimum atomic E-state index is -0.0611. The maximum absolute atomic E-state index is 12.0. The third-order valence-electron chi connectivity index (χ3n) is 3.42. The van der Waals surface area contributed by atoms with Crippen molar-refractivity contribution >= 4 is 5.65 Å². The van der Waals surface area contributed by atoms with Crippen LogP contribution in [-0.4, -0.2) is 14.4 Å². The number of nitrogens with zero attached hydrogens (tertiary/aromatic N) is 3. The minimum Gasteiger partial charge on any atom is -0.305 e. The van der Waals surface area contributed by atoms with E-state index >= 15 is 0 Å². The van der Waals surface area contributed by atoms with Crippen LogP contribution in [0.4, 0.5) is 0 Å². The SMILES string of the molecule is C[C@H](NCc1cc(=O)n2ccccc2n1)c1ccncc1. The summed E-state index contributed by atoms with van der Waals surface area (Å²) < 4.78 is 1.54. The highest BCUT2D eigenvalue weighted by atomic mass is 16.1. The Kier molecular flexibility index (Phi) is 3.75. The van der Waals surface area contributed by atoms with Gasteiger partial charge in [0.15, 0.2) is 0 Å². The van der Waals surface area contributed by atoms with Gasteiger partial charge in [-0.2, -0.15) is 0 Å². The third-order valence-corrected chi connectivity index (χ3v) is 3.42. The molecule has 0 aliphatic heterocycles. The molecule has 106 valence electrons. The molecule has 1 atom stereocenters. The Balaban J connectivity index is 1.78. The van der Waals surface area contributed by atoms with Crippen molar-refractivity contribution in [2.75, 3.05) is 0 Å². The first kappa shape index (κ1) is 13.5. The Bertz CT molecular complexity index is 798. The highest BCUT2D eigenvalue weighted by molar-refractivity contribution is 5.38. The monoisotopic (exact) mass is 280 g/mol. The van der Waals surface area contributed by atoms with Crippen LogP contribution in [0.25, 0.3) is 5.65 Å². The van der Waals surface area contributed by atoms with Gasteiger partial charge < -0.3 is 5.32 Å². The summed E-state index contributed by atoms with van der Waals surface area (Å²) in [5.41, 5.74) is 2.50. The number of hydrogen-bond acceptors (Lipinski definition) is 4. The molecular formula is C16H16N4O. The van der Waals surface area contributed by atoms with E-state index < -0.39 is 0 Å². The zero-order chi connectivity index (χ0) is 14.7. The highest BCUT2D eigenvalue weighted by Gasteiger charge is 2.06. The molecule has 0 bridgehead atoms. The molecule has 0 amide bonds. The number of nitrogens with one attached hydrogen (secondary N) is 1. The lowest BCUT2D eigenvalue weighted by atomic mass is 10.1. The number of aromatic nitrogens is 3. The van der Waals surface area contributed by atoms with Crippen molar-refractivity contribution in [2.24, 2.45) is 0 Å². The summed E-state index contributed by atoms with van der Waals surface area (Å²) in [6.07, 6.45) is 5.27. The molecule has 0 saturated heterocycles. The smallest absolute Gasteiger partial charge is 0.258 e. The van der Waals surface area contributed by atoms with E-state index in [1.165, 1.54) is 4.40 Å². The maximum atomic E-state index is 12.0. The van der Waals surface area contributed by atoms with Crippen LogP contribution in [0.1, 0.15) is 24.2 Å². The molecule has 0 fully saturated rings. The van der Waals surface area contributed by atoms with Gasteiger partial charge in [-0.25, -0.2) is 4.98 Å². The van der Waals surface area contributed by atoms with Crippen molar-refractivity contribution in [3.63, 3.8) is 0 Å². The number of pyridine rings is 2. The van der Waals surface area contributed by atoms with Crippen LogP contribution in [0.2, 0.25) is 0 Å². The summed E-state index contributed by atoms with van der Waals surface area (Å²) in [5, 5.41) is 3.37. The summed E-state index contributed by atoms with van der Waals surface area (Å²) in [5.74, 6) is 0. The fourth-order valence-corrected chi connectivity index (χ4v) is 2.22.